The number of carbonyl (C=O) groups is 2. The first kappa shape index (κ1) is 28.2. The van der Waals surface area contributed by atoms with Crippen LogP contribution in [-0.2, 0) is 28.0 Å². The van der Waals surface area contributed by atoms with Crippen molar-refractivity contribution in [1.29, 1.82) is 0 Å². The average Bonchev–Trinajstić information content (AvgIpc) is 3.37. The topological polar surface area (TPSA) is 107 Å². The van der Waals surface area contributed by atoms with E-state index >= 15 is 0 Å². The van der Waals surface area contributed by atoms with E-state index in [1.54, 1.807) is 31.3 Å². The summed E-state index contributed by atoms with van der Waals surface area (Å²) in [5.74, 6) is -1.68. The van der Waals surface area contributed by atoms with Crippen LogP contribution in [0.2, 0.25) is 0 Å². The molecule has 4 rings (SSSR count). The van der Waals surface area contributed by atoms with E-state index in [0.717, 1.165) is 5.56 Å². The van der Waals surface area contributed by atoms with Crippen molar-refractivity contribution in [3.8, 4) is 0 Å². The molecule has 3 aromatic carbocycles. The Kier molecular flexibility index (Phi) is 9.37. The van der Waals surface area contributed by atoms with E-state index in [1.165, 1.54) is 41.1 Å². The van der Waals surface area contributed by atoms with Gasteiger partial charge in [-0.05, 0) is 69.1 Å². The van der Waals surface area contributed by atoms with Crippen molar-refractivity contribution in [3.05, 3.63) is 125 Å². The van der Waals surface area contributed by atoms with Crippen molar-refractivity contribution >= 4 is 22.9 Å². The van der Waals surface area contributed by atoms with E-state index in [0.29, 0.717) is 22.3 Å². The molecule has 1 atom stereocenters. The van der Waals surface area contributed by atoms with E-state index in [9.17, 15) is 23.5 Å². The van der Waals surface area contributed by atoms with Crippen LogP contribution in [0.25, 0.3) is 11.1 Å². The molecule has 0 spiro atoms. The van der Waals surface area contributed by atoms with E-state index in [2.05, 4.69) is 15.5 Å². The number of tetrazole rings is 1. The summed E-state index contributed by atoms with van der Waals surface area (Å²) >= 11 is 0. The highest BCUT2D eigenvalue weighted by Crippen LogP contribution is 2.32. The van der Waals surface area contributed by atoms with Crippen molar-refractivity contribution in [3.63, 3.8) is 0 Å². The lowest BCUT2D eigenvalue weighted by molar-refractivity contribution is -0.147. The number of carbonyl (C=O) groups excluding carboxylic acids is 2. The molecule has 0 aliphatic rings. The molecule has 10 heteroatoms. The lowest BCUT2D eigenvalue weighted by Gasteiger charge is -2.14. The van der Waals surface area contributed by atoms with Crippen LogP contribution in [-0.4, -0.2) is 43.2 Å². The zero-order chi connectivity index (χ0) is 28.5. The predicted octanol–water partition coefficient (Wildman–Crippen LogP) is 4.46. The first-order chi connectivity index (χ1) is 19.3. The fourth-order valence-electron chi connectivity index (χ4n) is 3.98. The van der Waals surface area contributed by atoms with Crippen molar-refractivity contribution in [2.45, 2.75) is 25.6 Å². The Bertz CT molecular complexity index is 1470. The summed E-state index contributed by atoms with van der Waals surface area (Å²) in [5, 5.41) is 22.0. The Morgan fingerprint density at radius 1 is 0.900 bits per heavy atom. The summed E-state index contributed by atoms with van der Waals surface area (Å²) in [6.07, 6.45) is 0.798. The second kappa shape index (κ2) is 13.3. The predicted molar refractivity (Wildman–Crippen MR) is 143 cm³/mol. The van der Waals surface area contributed by atoms with Gasteiger partial charge in [-0.25, -0.2) is 13.5 Å². The second-order valence-electron chi connectivity index (χ2n) is 8.94. The number of aliphatic hydroxyl groups is 1. The molecular weight excluding hydrogens is 518 g/mol. The smallest absolute Gasteiger partial charge is 0.308 e. The SMILES string of the molecule is Cn1nnnc1C(/C=C/C(=O)CC(O)CC(=O)OCc1ccccc1)=C(c1ccc(F)cc1)c1ccc(F)cc1. The highest BCUT2D eigenvalue weighted by molar-refractivity contribution is 6.03. The Morgan fingerprint density at radius 2 is 1.50 bits per heavy atom. The number of aryl methyl sites for hydroxylation is 1. The number of aliphatic hydroxyl groups excluding tert-OH is 1. The lowest BCUT2D eigenvalue weighted by atomic mass is 9.92. The molecule has 40 heavy (non-hydrogen) atoms. The van der Waals surface area contributed by atoms with Crippen LogP contribution < -0.4 is 0 Å². The highest BCUT2D eigenvalue weighted by atomic mass is 19.1. The maximum atomic E-state index is 13.7. The van der Waals surface area contributed by atoms with Gasteiger partial charge in [-0.15, -0.1) is 5.10 Å². The summed E-state index contributed by atoms with van der Waals surface area (Å²) in [6.45, 7) is 0.0652. The summed E-state index contributed by atoms with van der Waals surface area (Å²) in [7, 11) is 1.61. The number of esters is 1. The van der Waals surface area contributed by atoms with E-state index in [1.807, 2.05) is 30.3 Å². The zero-order valence-electron chi connectivity index (χ0n) is 21.6. The number of rotatable bonds is 11. The zero-order valence-corrected chi connectivity index (χ0v) is 21.6. The maximum absolute atomic E-state index is 13.7. The van der Waals surface area contributed by atoms with E-state index in [-0.39, 0.29) is 25.3 Å². The van der Waals surface area contributed by atoms with Crippen LogP contribution in [0.3, 0.4) is 0 Å². The number of ketones is 1. The highest BCUT2D eigenvalue weighted by Gasteiger charge is 2.19. The third-order valence-corrected chi connectivity index (χ3v) is 5.91. The van der Waals surface area contributed by atoms with Gasteiger partial charge >= 0.3 is 5.97 Å². The summed E-state index contributed by atoms with van der Waals surface area (Å²) in [5.41, 5.74) is 2.87. The van der Waals surface area contributed by atoms with Gasteiger partial charge in [0.2, 0.25) is 0 Å². The number of halogens is 2. The van der Waals surface area contributed by atoms with Gasteiger partial charge < -0.3 is 9.84 Å². The van der Waals surface area contributed by atoms with Crippen molar-refractivity contribution in [2.75, 3.05) is 0 Å². The molecule has 4 aromatic rings. The number of ether oxygens (including phenoxy) is 1. The molecule has 204 valence electrons. The fourth-order valence-corrected chi connectivity index (χ4v) is 3.98. The summed E-state index contributed by atoms with van der Waals surface area (Å²) < 4.78 is 34.0. The lowest BCUT2D eigenvalue weighted by Crippen LogP contribution is -2.18. The summed E-state index contributed by atoms with van der Waals surface area (Å²) in [6, 6.07) is 20.5. The average molecular weight is 545 g/mol. The van der Waals surface area contributed by atoms with Crippen LogP contribution >= 0.6 is 0 Å². The molecule has 0 bridgehead atoms. The van der Waals surface area contributed by atoms with Gasteiger partial charge in [0.15, 0.2) is 11.6 Å². The monoisotopic (exact) mass is 544 g/mol. The van der Waals surface area contributed by atoms with E-state index in [4.69, 9.17) is 4.74 Å². The number of hydrogen-bond acceptors (Lipinski definition) is 7. The fraction of sp³-hybridized carbons (Fsp3) is 0.167. The van der Waals surface area contributed by atoms with Gasteiger partial charge in [0.1, 0.15) is 18.2 Å². The number of benzene rings is 3. The first-order valence-electron chi connectivity index (χ1n) is 12.4. The molecule has 0 fully saturated rings. The number of aromatic nitrogens is 4. The first-order valence-corrected chi connectivity index (χ1v) is 12.4. The normalized spacial score (nSPS) is 11.8. The Balaban J connectivity index is 1.58. The van der Waals surface area contributed by atoms with Crippen LogP contribution in [0.4, 0.5) is 8.78 Å². The molecule has 1 aromatic heterocycles. The Morgan fingerprint density at radius 3 is 2.05 bits per heavy atom. The molecule has 0 amide bonds. The van der Waals surface area contributed by atoms with Gasteiger partial charge in [0.25, 0.3) is 0 Å². The minimum atomic E-state index is -1.25. The number of hydrogen-bond donors (Lipinski definition) is 1. The van der Waals surface area contributed by atoms with Gasteiger partial charge in [0.05, 0.1) is 12.5 Å². The third kappa shape index (κ3) is 7.61. The maximum Gasteiger partial charge on any atom is 0.308 e. The van der Waals surface area contributed by atoms with E-state index < -0.39 is 29.5 Å². The minimum absolute atomic E-state index is 0.0652. The summed E-state index contributed by atoms with van der Waals surface area (Å²) in [4.78, 5) is 24.9. The standard InChI is InChI=1S/C30H26F2N4O4/c1-36-30(33-34-35-36)27(29(21-7-11-23(31)12-8-21)22-9-13-24(32)14-10-22)16-15-25(37)17-26(38)18-28(39)40-19-20-5-3-2-4-6-20/h2-16,26,38H,17-19H2,1H3/b16-15+. The van der Waals surface area contributed by atoms with Crippen LogP contribution in [0.15, 0.2) is 91.0 Å². The van der Waals surface area contributed by atoms with Crippen molar-refractivity contribution in [2.24, 2.45) is 7.05 Å². The van der Waals surface area contributed by atoms with Gasteiger partial charge in [-0.2, -0.15) is 0 Å². The van der Waals surface area contributed by atoms with Gasteiger partial charge in [0, 0.05) is 19.0 Å². The van der Waals surface area contributed by atoms with Crippen molar-refractivity contribution < 1.29 is 28.2 Å². The number of allylic oxidation sites excluding steroid dienone is 3. The molecule has 0 saturated carbocycles. The molecular formula is C30H26F2N4O4. The number of nitrogens with zero attached hydrogens (tertiary/aromatic N) is 4. The molecule has 0 radical (unpaired) electrons. The Hall–Kier alpha value is -4.83. The van der Waals surface area contributed by atoms with Crippen LogP contribution in [0, 0.1) is 11.6 Å². The molecule has 0 aliphatic heterocycles. The third-order valence-electron chi connectivity index (χ3n) is 5.91. The second-order valence-corrected chi connectivity index (χ2v) is 8.94. The van der Waals surface area contributed by atoms with Gasteiger partial charge in [-0.1, -0.05) is 54.6 Å². The molecule has 1 N–H and O–H groups in total. The molecule has 0 aliphatic carbocycles. The van der Waals surface area contributed by atoms with Gasteiger partial charge in [-0.3, -0.25) is 9.59 Å². The molecule has 1 heterocycles. The Labute approximate surface area is 229 Å². The van der Waals surface area contributed by atoms with Crippen molar-refractivity contribution in [1.82, 2.24) is 20.2 Å². The van der Waals surface area contributed by atoms with Crippen LogP contribution in [0.1, 0.15) is 35.4 Å². The van der Waals surface area contributed by atoms with Crippen LogP contribution in [0.5, 0.6) is 0 Å². The minimum Gasteiger partial charge on any atom is -0.461 e. The quantitative estimate of drug-likeness (QED) is 0.169. The molecule has 1 unspecified atom stereocenters. The molecule has 0 saturated heterocycles. The molecule has 8 nitrogen and oxygen atoms in total. The largest absolute Gasteiger partial charge is 0.461 e.